The summed E-state index contributed by atoms with van der Waals surface area (Å²) >= 11 is 0. The van der Waals surface area contributed by atoms with Crippen molar-refractivity contribution in [2.45, 2.75) is 21.3 Å². The van der Waals surface area contributed by atoms with Crippen LogP contribution in [0.25, 0.3) is 0 Å². The summed E-state index contributed by atoms with van der Waals surface area (Å²) in [6.07, 6.45) is 0. The van der Waals surface area contributed by atoms with Gasteiger partial charge in [-0.25, -0.2) is 0 Å². The molecule has 4 heteroatoms. The van der Waals surface area contributed by atoms with Crippen LogP contribution < -0.4 is 9.47 Å². The van der Waals surface area contributed by atoms with Crippen LogP contribution in [0.15, 0.2) is 48.5 Å². The van der Waals surface area contributed by atoms with Crippen molar-refractivity contribution in [2.75, 3.05) is 14.2 Å². The van der Waals surface area contributed by atoms with Crippen LogP contribution in [0.1, 0.15) is 42.0 Å². The number of ether oxygens (including phenoxy) is 2. The Morgan fingerprint density at radius 3 is 1.09 bits per heavy atom. The van der Waals surface area contributed by atoms with Gasteiger partial charge in [0.1, 0.15) is 11.5 Å². The molecule has 0 heterocycles. The number of benzene rings is 2. The quantitative estimate of drug-likeness (QED) is 0.783. The average molecular weight is 316 g/mol. The van der Waals surface area contributed by atoms with Crippen LogP contribution in [0.3, 0.4) is 0 Å². The lowest BCUT2D eigenvalue weighted by molar-refractivity contribution is 0.100. The number of rotatable bonds is 4. The van der Waals surface area contributed by atoms with Gasteiger partial charge in [0.2, 0.25) is 0 Å². The zero-order chi connectivity index (χ0) is 16.5. The van der Waals surface area contributed by atoms with Gasteiger partial charge in [-0.15, -0.1) is 0 Å². The third-order valence-corrected chi connectivity index (χ3v) is 2.99. The molecule has 0 saturated heterocycles. The molecule has 0 N–H and O–H groups in total. The van der Waals surface area contributed by atoms with E-state index in [2.05, 4.69) is 0 Å². The van der Waals surface area contributed by atoms with Crippen LogP contribution in [-0.2, 0) is 0 Å². The molecule has 0 spiro atoms. The van der Waals surface area contributed by atoms with Crippen molar-refractivity contribution in [3.8, 4) is 11.5 Å². The Morgan fingerprint density at radius 2 is 0.913 bits per heavy atom. The van der Waals surface area contributed by atoms with Crippen LogP contribution in [0.4, 0.5) is 0 Å². The Bertz CT molecular complexity index is 557. The Kier molecular flexibility index (Phi) is 9.01. The minimum atomic E-state index is 0. The molecule has 0 aliphatic heterocycles. The summed E-state index contributed by atoms with van der Waals surface area (Å²) in [5.74, 6) is 1.73. The molecule has 0 unspecified atom stereocenters. The highest BCUT2D eigenvalue weighted by Crippen LogP contribution is 2.15. The fourth-order valence-corrected chi connectivity index (χ4v) is 1.65. The van der Waals surface area contributed by atoms with E-state index in [-0.39, 0.29) is 19.0 Å². The summed E-state index contributed by atoms with van der Waals surface area (Å²) in [5, 5.41) is 0. The van der Waals surface area contributed by atoms with Gasteiger partial charge in [-0.2, -0.15) is 0 Å². The Morgan fingerprint density at radius 1 is 0.652 bits per heavy atom. The highest BCUT2D eigenvalue weighted by Gasteiger charge is 2.00. The number of hydrogen-bond acceptors (Lipinski definition) is 4. The highest BCUT2D eigenvalue weighted by molar-refractivity contribution is 5.97. The molecule has 2 aromatic carbocycles. The first-order valence-corrected chi connectivity index (χ1v) is 6.78. The van der Waals surface area contributed by atoms with Crippen LogP contribution >= 0.6 is 0 Å². The van der Waals surface area contributed by atoms with Crippen molar-refractivity contribution in [1.82, 2.24) is 0 Å². The first-order chi connectivity index (χ1) is 10.5. The molecule has 0 radical (unpaired) electrons. The predicted octanol–water partition coefficient (Wildman–Crippen LogP) is 4.43. The van der Waals surface area contributed by atoms with E-state index in [4.69, 9.17) is 9.47 Å². The molecule has 2 rings (SSSR count). The van der Waals surface area contributed by atoms with Gasteiger partial charge in [0.15, 0.2) is 11.6 Å². The molecule has 0 fully saturated rings. The van der Waals surface area contributed by atoms with Crippen LogP contribution in [-0.4, -0.2) is 25.8 Å². The van der Waals surface area contributed by atoms with Crippen LogP contribution in [0, 0.1) is 0 Å². The van der Waals surface area contributed by atoms with Gasteiger partial charge in [0, 0.05) is 11.1 Å². The van der Waals surface area contributed by atoms with Gasteiger partial charge >= 0.3 is 0 Å². The summed E-state index contributed by atoms with van der Waals surface area (Å²) in [6.45, 7) is 3.01. The summed E-state index contributed by atoms with van der Waals surface area (Å²) in [7, 11) is 3.28. The number of methoxy groups -OCH3 is 2. The first kappa shape index (κ1) is 20.4. The summed E-state index contributed by atoms with van der Waals surface area (Å²) in [4.78, 5) is 21.7. The molecule has 0 atom stereocenters. The Balaban J connectivity index is 0.000000409. The van der Waals surface area contributed by atoms with E-state index in [1.165, 1.54) is 13.8 Å². The van der Waals surface area contributed by atoms with Crippen molar-refractivity contribution in [1.29, 1.82) is 0 Å². The summed E-state index contributed by atoms with van der Waals surface area (Å²) < 4.78 is 9.92. The Labute approximate surface area is 138 Å². The molecular weight excluding hydrogens is 292 g/mol. The van der Waals surface area contributed by atoms with E-state index < -0.39 is 0 Å². The first-order valence-electron chi connectivity index (χ1n) is 6.78. The van der Waals surface area contributed by atoms with E-state index >= 15 is 0 Å². The zero-order valence-electron chi connectivity index (χ0n) is 13.3. The topological polar surface area (TPSA) is 52.6 Å². The molecule has 0 aliphatic carbocycles. The fourth-order valence-electron chi connectivity index (χ4n) is 1.65. The van der Waals surface area contributed by atoms with E-state index in [0.717, 1.165) is 11.5 Å². The molecule has 0 amide bonds. The molecule has 2 aromatic rings. The molecule has 0 bridgehead atoms. The van der Waals surface area contributed by atoms with Gasteiger partial charge in [-0.05, 0) is 38.1 Å². The SMILES string of the molecule is C.CC(=O)c1ccc(C(C)=O)cc1.COc1ccc(OC)cc1. The Hall–Kier alpha value is -2.62. The maximum Gasteiger partial charge on any atom is 0.159 e. The maximum atomic E-state index is 10.8. The minimum Gasteiger partial charge on any atom is -0.497 e. The second-order valence-electron chi connectivity index (χ2n) is 4.57. The minimum absolute atomic E-state index is 0. The van der Waals surface area contributed by atoms with E-state index in [9.17, 15) is 9.59 Å². The van der Waals surface area contributed by atoms with Gasteiger partial charge in [-0.3, -0.25) is 9.59 Å². The molecule has 0 saturated carbocycles. The third-order valence-electron chi connectivity index (χ3n) is 2.99. The fraction of sp³-hybridized carbons (Fsp3) is 0.263. The standard InChI is InChI=1S/C10H10O2.C8H10O2.CH4/c1-7(11)9-3-5-10(6-4-9)8(2)12;1-9-7-3-5-8(10-2)6-4-7;/h3-6H,1-2H3;3-6H,1-2H3;1H4. The molecule has 0 aromatic heterocycles. The lowest BCUT2D eigenvalue weighted by Gasteiger charge is -2.00. The van der Waals surface area contributed by atoms with Gasteiger partial charge < -0.3 is 9.47 Å². The zero-order valence-corrected chi connectivity index (χ0v) is 13.3. The predicted molar refractivity (Wildman–Crippen MR) is 92.7 cm³/mol. The van der Waals surface area contributed by atoms with Crippen LogP contribution in [0.5, 0.6) is 11.5 Å². The van der Waals surface area contributed by atoms with Crippen LogP contribution in [0.2, 0.25) is 0 Å². The van der Waals surface area contributed by atoms with E-state index in [0.29, 0.717) is 11.1 Å². The smallest absolute Gasteiger partial charge is 0.159 e. The molecule has 0 aliphatic rings. The monoisotopic (exact) mass is 316 g/mol. The number of hydrogen-bond donors (Lipinski definition) is 0. The number of carbonyl (C=O) groups excluding carboxylic acids is 2. The second kappa shape index (κ2) is 10.2. The van der Waals surface area contributed by atoms with E-state index in [1.807, 2.05) is 24.3 Å². The van der Waals surface area contributed by atoms with Crippen molar-refractivity contribution < 1.29 is 19.1 Å². The number of carbonyl (C=O) groups is 2. The summed E-state index contributed by atoms with van der Waals surface area (Å²) in [5.41, 5.74) is 1.28. The molecule has 4 nitrogen and oxygen atoms in total. The van der Waals surface area contributed by atoms with Gasteiger partial charge in [0.05, 0.1) is 14.2 Å². The highest BCUT2D eigenvalue weighted by atomic mass is 16.5. The van der Waals surface area contributed by atoms with Crippen molar-refractivity contribution >= 4 is 11.6 Å². The summed E-state index contributed by atoms with van der Waals surface area (Å²) in [6, 6.07) is 14.1. The lowest BCUT2D eigenvalue weighted by Crippen LogP contribution is -1.95. The number of Topliss-reactive ketones (excluding diaryl/α,β-unsaturated/α-hetero) is 2. The maximum absolute atomic E-state index is 10.8. The third kappa shape index (κ3) is 6.78. The largest absolute Gasteiger partial charge is 0.497 e. The molecule has 23 heavy (non-hydrogen) atoms. The van der Waals surface area contributed by atoms with Crippen molar-refractivity contribution in [3.63, 3.8) is 0 Å². The molecule has 124 valence electrons. The average Bonchev–Trinajstić information content (AvgIpc) is 2.55. The lowest BCUT2D eigenvalue weighted by atomic mass is 10.1. The number of ketones is 2. The second-order valence-corrected chi connectivity index (χ2v) is 4.57. The van der Waals surface area contributed by atoms with Gasteiger partial charge in [-0.1, -0.05) is 31.7 Å². The normalized spacial score (nSPS) is 8.87. The van der Waals surface area contributed by atoms with Gasteiger partial charge in [0.25, 0.3) is 0 Å². The van der Waals surface area contributed by atoms with Crippen molar-refractivity contribution in [3.05, 3.63) is 59.7 Å². The van der Waals surface area contributed by atoms with Crippen molar-refractivity contribution in [2.24, 2.45) is 0 Å². The van der Waals surface area contributed by atoms with E-state index in [1.54, 1.807) is 38.5 Å². The molecular formula is C19H24O4.